The second-order valence-electron chi connectivity index (χ2n) is 11.7. The third kappa shape index (κ3) is 6.51. The van der Waals surface area contributed by atoms with Crippen LogP contribution in [0.1, 0.15) is 50.1 Å². The van der Waals surface area contributed by atoms with Crippen LogP contribution in [0.15, 0.2) is 127 Å². The molecule has 0 amide bonds. The van der Waals surface area contributed by atoms with E-state index in [-0.39, 0.29) is 0 Å². The molecule has 0 aromatic heterocycles. The average Bonchev–Trinajstić information content (AvgIpc) is 3.05. The Kier molecular flexibility index (Phi) is 7.38. The van der Waals surface area contributed by atoms with E-state index in [4.69, 9.17) is 0 Å². The molecule has 7 aromatic rings. The van der Waals surface area contributed by atoms with E-state index in [1.54, 1.807) is 0 Å². The monoisotopic (exact) mass is 570 g/mol. The van der Waals surface area contributed by atoms with Crippen LogP contribution in [0.3, 0.4) is 0 Å². The van der Waals surface area contributed by atoms with Gasteiger partial charge in [0.15, 0.2) is 0 Å². The van der Waals surface area contributed by atoms with Crippen LogP contribution >= 0.6 is 0 Å². The summed E-state index contributed by atoms with van der Waals surface area (Å²) >= 11 is 0. The smallest absolute Gasteiger partial charge is 0.0273 e. The van der Waals surface area contributed by atoms with Crippen molar-refractivity contribution < 1.29 is 0 Å². The van der Waals surface area contributed by atoms with Crippen LogP contribution < -0.4 is 0 Å². The zero-order chi connectivity index (χ0) is 30.8. The second-order valence-corrected chi connectivity index (χ2v) is 11.7. The number of fused-ring (bicyclic) bond motifs is 3. The number of benzene rings is 7. The summed E-state index contributed by atoms with van der Waals surface area (Å²) in [6.45, 7) is 6.35. The van der Waals surface area contributed by atoms with Gasteiger partial charge in [-0.15, -0.1) is 0 Å². The third-order valence-electron chi connectivity index (χ3n) is 7.97. The standard InChI is InChI=1S/C45H30/c1-31-5-17-43-28-34(14-20-41(43)22-31)7-10-37-25-38(11-8-35-15-21-42-23-32(2)6-18-44(42)29-35)27-39(26-37)12-9-36-13-19-40-16-4-33(3)24-45(40)30-36/h4-6,13-30H,1-3H3. The Bertz CT molecular complexity index is 2350. The molecule has 0 spiro atoms. The van der Waals surface area contributed by atoms with Crippen LogP contribution in [0.5, 0.6) is 0 Å². The van der Waals surface area contributed by atoms with Gasteiger partial charge >= 0.3 is 0 Å². The molecule has 0 N–H and O–H groups in total. The molecule has 0 fully saturated rings. The average molecular weight is 571 g/mol. The first-order valence-electron chi connectivity index (χ1n) is 15.2. The van der Waals surface area contributed by atoms with Crippen molar-refractivity contribution in [2.75, 3.05) is 0 Å². The molecule has 0 atom stereocenters. The summed E-state index contributed by atoms with van der Waals surface area (Å²) in [5, 5.41) is 7.24. The molecule has 45 heavy (non-hydrogen) atoms. The Morgan fingerprint density at radius 3 is 0.978 bits per heavy atom. The molecule has 0 aliphatic rings. The lowest BCUT2D eigenvalue weighted by atomic mass is 10.0. The van der Waals surface area contributed by atoms with E-state index >= 15 is 0 Å². The lowest BCUT2D eigenvalue weighted by Crippen LogP contribution is -1.86. The SMILES string of the molecule is Cc1ccc2cc(C#Cc3cc(C#Cc4ccc5cc(C)ccc5c4)cc(C#Cc4ccc5ccc(C)cc5c4)c3)ccc2c1. The fourth-order valence-corrected chi connectivity index (χ4v) is 5.61. The van der Waals surface area contributed by atoms with Crippen molar-refractivity contribution in [3.8, 4) is 35.5 Å². The minimum Gasteiger partial charge on any atom is -0.0616 e. The summed E-state index contributed by atoms with van der Waals surface area (Å²) in [4.78, 5) is 0. The van der Waals surface area contributed by atoms with Crippen molar-refractivity contribution in [3.63, 3.8) is 0 Å². The molecule has 7 rings (SSSR count). The summed E-state index contributed by atoms with van der Waals surface area (Å²) in [6, 6.07) is 44.8. The van der Waals surface area contributed by atoms with Gasteiger partial charge in [0.05, 0.1) is 0 Å². The minimum absolute atomic E-state index is 0.887. The highest BCUT2D eigenvalue weighted by Gasteiger charge is 2.01. The van der Waals surface area contributed by atoms with E-state index in [1.807, 2.05) is 0 Å². The highest BCUT2D eigenvalue weighted by molar-refractivity contribution is 5.86. The minimum atomic E-state index is 0.887. The third-order valence-corrected chi connectivity index (χ3v) is 7.97. The van der Waals surface area contributed by atoms with Gasteiger partial charge in [-0.2, -0.15) is 0 Å². The Morgan fingerprint density at radius 2 is 0.533 bits per heavy atom. The highest BCUT2D eigenvalue weighted by atomic mass is 14.0. The zero-order valence-electron chi connectivity index (χ0n) is 25.6. The maximum absolute atomic E-state index is 3.39. The van der Waals surface area contributed by atoms with E-state index in [0.29, 0.717) is 0 Å². The predicted molar refractivity (Wildman–Crippen MR) is 190 cm³/mol. The first-order valence-corrected chi connectivity index (χ1v) is 15.2. The van der Waals surface area contributed by atoms with E-state index in [9.17, 15) is 0 Å². The van der Waals surface area contributed by atoms with Crippen LogP contribution in [0.4, 0.5) is 0 Å². The van der Waals surface area contributed by atoms with Crippen molar-refractivity contribution in [2.45, 2.75) is 20.8 Å². The molecule has 0 heterocycles. The largest absolute Gasteiger partial charge is 0.0616 e. The van der Waals surface area contributed by atoms with E-state index in [0.717, 1.165) is 33.4 Å². The molecule has 0 bridgehead atoms. The normalized spacial score (nSPS) is 10.5. The molecule has 0 heteroatoms. The van der Waals surface area contributed by atoms with Crippen LogP contribution in [-0.4, -0.2) is 0 Å². The Labute approximate surface area is 265 Å². The van der Waals surface area contributed by atoms with Crippen LogP contribution in [0, 0.1) is 56.3 Å². The molecule has 0 saturated carbocycles. The molecule has 0 aliphatic carbocycles. The summed E-state index contributed by atoms with van der Waals surface area (Å²) in [7, 11) is 0. The number of hydrogen-bond acceptors (Lipinski definition) is 0. The Morgan fingerprint density at radius 1 is 0.244 bits per heavy atom. The molecule has 7 aromatic carbocycles. The quantitative estimate of drug-likeness (QED) is 0.159. The van der Waals surface area contributed by atoms with Gasteiger partial charge in [0.1, 0.15) is 0 Å². The predicted octanol–water partition coefficient (Wildman–Crippen LogP) is 10.3. The number of aryl methyl sites for hydroxylation is 3. The Balaban J connectivity index is 1.26. The van der Waals surface area contributed by atoms with Gasteiger partial charge in [-0.3, -0.25) is 0 Å². The molecule has 0 unspecified atom stereocenters. The first-order chi connectivity index (χ1) is 21.9. The fourth-order valence-electron chi connectivity index (χ4n) is 5.61. The topological polar surface area (TPSA) is 0 Å². The molecular formula is C45H30. The zero-order valence-corrected chi connectivity index (χ0v) is 25.6. The van der Waals surface area contributed by atoms with Crippen molar-refractivity contribution >= 4 is 32.3 Å². The highest BCUT2D eigenvalue weighted by Crippen LogP contribution is 2.20. The Hall–Kier alpha value is -6.00. The van der Waals surface area contributed by atoms with E-state index in [2.05, 4.69) is 184 Å². The van der Waals surface area contributed by atoms with Crippen molar-refractivity contribution in [1.29, 1.82) is 0 Å². The molecule has 0 saturated heterocycles. The van der Waals surface area contributed by atoms with Crippen molar-refractivity contribution in [2.24, 2.45) is 0 Å². The summed E-state index contributed by atoms with van der Waals surface area (Å²) < 4.78 is 0. The summed E-state index contributed by atoms with van der Waals surface area (Å²) in [6.07, 6.45) is 0. The summed E-state index contributed by atoms with van der Waals surface area (Å²) in [5.74, 6) is 20.3. The molecule has 0 nitrogen and oxygen atoms in total. The second kappa shape index (κ2) is 11.9. The van der Waals surface area contributed by atoms with Gasteiger partial charge in [-0.1, -0.05) is 125 Å². The molecular weight excluding hydrogens is 540 g/mol. The van der Waals surface area contributed by atoms with Crippen LogP contribution in [-0.2, 0) is 0 Å². The molecule has 0 aliphatic heterocycles. The van der Waals surface area contributed by atoms with E-state index < -0.39 is 0 Å². The molecule has 210 valence electrons. The lowest BCUT2D eigenvalue weighted by Gasteiger charge is -2.01. The van der Waals surface area contributed by atoms with Gasteiger partial charge in [0.25, 0.3) is 0 Å². The van der Waals surface area contributed by atoms with Gasteiger partial charge < -0.3 is 0 Å². The number of rotatable bonds is 0. The van der Waals surface area contributed by atoms with Gasteiger partial charge in [0, 0.05) is 33.4 Å². The number of hydrogen-bond donors (Lipinski definition) is 0. The van der Waals surface area contributed by atoms with Gasteiger partial charge in [0.2, 0.25) is 0 Å². The summed E-state index contributed by atoms with van der Waals surface area (Å²) in [5.41, 5.74) is 9.35. The lowest BCUT2D eigenvalue weighted by molar-refractivity contribution is 1.50. The maximum atomic E-state index is 3.39. The van der Waals surface area contributed by atoms with Crippen molar-refractivity contribution in [3.05, 3.63) is 177 Å². The van der Waals surface area contributed by atoms with Gasteiger partial charge in [-0.05, 0) is 108 Å². The fraction of sp³-hybridized carbons (Fsp3) is 0.0667. The van der Waals surface area contributed by atoms with Crippen LogP contribution in [0.25, 0.3) is 32.3 Å². The van der Waals surface area contributed by atoms with E-state index in [1.165, 1.54) is 49.0 Å². The van der Waals surface area contributed by atoms with Crippen molar-refractivity contribution in [1.82, 2.24) is 0 Å². The van der Waals surface area contributed by atoms with Gasteiger partial charge in [-0.25, -0.2) is 0 Å². The first kappa shape index (κ1) is 27.8. The molecule has 0 radical (unpaired) electrons. The maximum Gasteiger partial charge on any atom is 0.0273 e. The van der Waals surface area contributed by atoms with Crippen LogP contribution in [0.2, 0.25) is 0 Å².